The largest absolute Gasteiger partial charge is 0.360 e. The minimum absolute atomic E-state index is 0.00823. The lowest BCUT2D eigenvalue weighted by atomic mass is 10.2. The average molecular weight is 335 g/mol. The Morgan fingerprint density at radius 3 is 2.78 bits per heavy atom. The first-order valence-electron chi connectivity index (χ1n) is 7.47. The molecule has 2 amide bonds. The van der Waals surface area contributed by atoms with Crippen molar-refractivity contribution in [2.75, 3.05) is 18.4 Å². The zero-order valence-electron chi connectivity index (χ0n) is 13.5. The van der Waals surface area contributed by atoms with Gasteiger partial charge >= 0.3 is 0 Å². The molecule has 124 valence electrons. The highest BCUT2D eigenvalue weighted by atomic mass is 32.1. The predicted molar refractivity (Wildman–Crippen MR) is 89.3 cm³/mol. The van der Waals surface area contributed by atoms with Gasteiger partial charge in [-0.25, -0.2) is 0 Å². The van der Waals surface area contributed by atoms with Gasteiger partial charge in [0, 0.05) is 17.5 Å². The fraction of sp³-hybridized carbons (Fsp3) is 0.438. The molecule has 0 aliphatic carbocycles. The lowest BCUT2D eigenvalue weighted by Crippen LogP contribution is -2.40. The molecule has 0 spiro atoms. The van der Waals surface area contributed by atoms with E-state index >= 15 is 0 Å². The number of carbonyl (C=O) groups excluding carboxylic acids is 2. The number of hydrogen-bond donors (Lipinski definition) is 1. The second-order valence-corrected chi connectivity index (χ2v) is 6.83. The number of thiophene rings is 1. The molecular weight excluding hydrogens is 314 g/mol. The molecule has 6 nitrogen and oxygen atoms in total. The van der Waals surface area contributed by atoms with Gasteiger partial charge in [0.15, 0.2) is 5.82 Å². The Morgan fingerprint density at radius 1 is 1.43 bits per heavy atom. The summed E-state index contributed by atoms with van der Waals surface area (Å²) in [5, 5.41) is 8.31. The van der Waals surface area contributed by atoms with E-state index < -0.39 is 0 Å². The Labute approximate surface area is 139 Å². The Bertz CT molecular complexity index is 649. The van der Waals surface area contributed by atoms with E-state index in [4.69, 9.17) is 4.52 Å². The van der Waals surface area contributed by atoms with Gasteiger partial charge in [-0.15, -0.1) is 11.3 Å². The molecule has 2 heterocycles. The molecule has 0 aromatic carbocycles. The standard InChI is InChI=1S/C16H21N3O3S/c1-11(2)9-19(16(21)8-13-5-4-6-23-13)10-15(20)17-14-7-12(3)22-18-14/h4-7,11H,8-10H2,1-3H3,(H,17,18,20). The normalized spacial score (nSPS) is 10.8. The molecule has 0 saturated heterocycles. The second-order valence-electron chi connectivity index (χ2n) is 5.80. The Morgan fingerprint density at radius 2 is 2.22 bits per heavy atom. The molecular formula is C16H21N3O3S. The summed E-state index contributed by atoms with van der Waals surface area (Å²) in [5.41, 5.74) is 0. The third-order valence-electron chi connectivity index (χ3n) is 3.07. The molecule has 0 radical (unpaired) electrons. The molecule has 1 N–H and O–H groups in total. The highest BCUT2D eigenvalue weighted by Crippen LogP contribution is 2.12. The van der Waals surface area contributed by atoms with Gasteiger partial charge in [-0.05, 0) is 24.3 Å². The molecule has 2 rings (SSSR count). The zero-order valence-corrected chi connectivity index (χ0v) is 14.4. The number of hydrogen-bond acceptors (Lipinski definition) is 5. The minimum atomic E-state index is -0.279. The number of amides is 2. The minimum Gasteiger partial charge on any atom is -0.360 e. The van der Waals surface area contributed by atoms with Crippen LogP contribution >= 0.6 is 11.3 Å². The summed E-state index contributed by atoms with van der Waals surface area (Å²) in [4.78, 5) is 27.2. The second kappa shape index (κ2) is 7.92. The lowest BCUT2D eigenvalue weighted by Gasteiger charge is -2.23. The molecule has 0 aliphatic heterocycles. The van der Waals surface area contributed by atoms with E-state index in [0.29, 0.717) is 24.5 Å². The van der Waals surface area contributed by atoms with E-state index in [1.54, 1.807) is 29.2 Å². The molecule has 2 aromatic rings. The summed E-state index contributed by atoms with van der Waals surface area (Å²) in [7, 11) is 0. The number of aromatic nitrogens is 1. The molecule has 23 heavy (non-hydrogen) atoms. The van der Waals surface area contributed by atoms with Crippen LogP contribution in [0.4, 0.5) is 5.82 Å². The van der Waals surface area contributed by atoms with Gasteiger partial charge in [-0.1, -0.05) is 25.1 Å². The van der Waals surface area contributed by atoms with Gasteiger partial charge in [0.1, 0.15) is 5.76 Å². The monoisotopic (exact) mass is 335 g/mol. The topological polar surface area (TPSA) is 75.4 Å². The van der Waals surface area contributed by atoms with Crippen molar-refractivity contribution in [3.05, 3.63) is 34.2 Å². The van der Waals surface area contributed by atoms with E-state index in [9.17, 15) is 9.59 Å². The average Bonchev–Trinajstić information content (AvgIpc) is 3.09. The van der Waals surface area contributed by atoms with Gasteiger partial charge in [-0.2, -0.15) is 0 Å². The number of nitrogens with zero attached hydrogens (tertiary/aromatic N) is 2. The smallest absolute Gasteiger partial charge is 0.245 e. The maximum atomic E-state index is 12.5. The zero-order chi connectivity index (χ0) is 16.8. The van der Waals surface area contributed by atoms with Gasteiger partial charge < -0.3 is 14.7 Å². The van der Waals surface area contributed by atoms with Crippen molar-refractivity contribution >= 4 is 29.0 Å². The highest BCUT2D eigenvalue weighted by Gasteiger charge is 2.19. The summed E-state index contributed by atoms with van der Waals surface area (Å²) < 4.78 is 4.91. The third kappa shape index (κ3) is 5.52. The number of anilines is 1. The molecule has 0 atom stereocenters. The van der Waals surface area contributed by atoms with Crippen LogP contribution < -0.4 is 5.32 Å². The summed E-state index contributed by atoms with van der Waals surface area (Å²) >= 11 is 1.54. The van der Waals surface area contributed by atoms with Crippen molar-refractivity contribution in [3.8, 4) is 0 Å². The van der Waals surface area contributed by atoms with Crippen LogP contribution in [0.1, 0.15) is 24.5 Å². The summed E-state index contributed by atoms with van der Waals surface area (Å²) in [6, 6.07) is 5.48. The van der Waals surface area contributed by atoms with Gasteiger partial charge in [-0.3, -0.25) is 9.59 Å². The Balaban J connectivity index is 1.96. The van der Waals surface area contributed by atoms with Crippen molar-refractivity contribution in [1.29, 1.82) is 0 Å². The van der Waals surface area contributed by atoms with Gasteiger partial charge in [0.2, 0.25) is 11.8 Å². The molecule has 0 aliphatic rings. The summed E-state index contributed by atoms with van der Waals surface area (Å²) in [5.74, 6) is 0.936. The fourth-order valence-electron chi connectivity index (χ4n) is 2.15. The van der Waals surface area contributed by atoms with Crippen LogP contribution in [0.3, 0.4) is 0 Å². The van der Waals surface area contributed by atoms with Crippen LogP contribution in [0.5, 0.6) is 0 Å². The lowest BCUT2D eigenvalue weighted by molar-refractivity contribution is -0.134. The van der Waals surface area contributed by atoms with Crippen LogP contribution in [-0.4, -0.2) is 35.0 Å². The van der Waals surface area contributed by atoms with E-state index in [2.05, 4.69) is 10.5 Å². The Hall–Kier alpha value is -2.15. The quantitative estimate of drug-likeness (QED) is 0.844. The molecule has 2 aromatic heterocycles. The molecule has 0 fully saturated rings. The predicted octanol–water partition coefficient (Wildman–Crippen LogP) is 2.71. The number of nitrogens with one attached hydrogen (secondary N) is 1. The molecule has 7 heteroatoms. The van der Waals surface area contributed by atoms with E-state index in [1.165, 1.54) is 0 Å². The van der Waals surface area contributed by atoms with Crippen LogP contribution in [0.15, 0.2) is 28.1 Å². The third-order valence-corrected chi connectivity index (χ3v) is 3.95. The van der Waals surface area contributed by atoms with Crippen LogP contribution in [-0.2, 0) is 16.0 Å². The van der Waals surface area contributed by atoms with Crippen LogP contribution in [0, 0.1) is 12.8 Å². The van der Waals surface area contributed by atoms with Crippen LogP contribution in [0.25, 0.3) is 0 Å². The van der Waals surface area contributed by atoms with Crippen LogP contribution in [0.2, 0.25) is 0 Å². The first-order valence-corrected chi connectivity index (χ1v) is 8.35. The molecule has 0 saturated carbocycles. The van der Waals surface area contributed by atoms with E-state index in [1.807, 2.05) is 31.4 Å². The maximum absolute atomic E-state index is 12.5. The molecule has 0 unspecified atom stereocenters. The van der Waals surface area contributed by atoms with Crippen molar-refractivity contribution in [2.24, 2.45) is 5.92 Å². The van der Waals surface area contributed by atoms with Gasteiger partial charge in [0.05, 0.1) is 13.0 Å². The summed E-state index contributed by atoms with van der Waals surface area (Å²) in [6.45, 7) is 6.33. The van der Waals surface area contributed by atoms with Gasteiger partial charge in [0.25, 0.3) is 0 Å². The number of rotatable bonds is 7. The van der Waals surface area contributed by atoms with Crippen molar-refractivity contribution in [2.45, 2.75) is 27.2 Å². The van der Waals surface area contributed by atoms with E-state index in [0.717, 1.165) is 4.88 Å². The number of aryl methyl sites for hydroxylation is 1. The maximum Gasteiger partial charge on any atom is 0.245 e. The summed E-state index contributed by atoms with van der Waals surface area (Å²) in [6.07, 6.45) is 0.320. The van der Waals surface area contributed by atoms with Crippen molar-refractivity contribution < 1.29 is 14.1 Å². The first-order chi connectivity index (χ1) is 10.9. The SMILES string of the molecule is Cc1cc(NC(=O)CN(CC(C)C)C(=O)Cc2cccs2)no1. The number of carbonyl (C=O) groups is 2. The Kier molecular flexibility index (Phi) is 5.92. The highest BCUT2D eigenvalue weighted by molar-refractivity contribution is 7.10. The fourth-order valence-corrected chi connectivity index (χ4v) is 2.85. The van der Waals surface area contributed by atoms with Crippen molar-refractivity contribution in [3.63, 3.8) is 0 Å². The van der Waals surface area contributed by atoms with Crippen molar-refractivity contribution in [1.82, 2.24) is 10.1 Å². The molecule has 0 bridgehead atoms. The first kappa shape index (κ1) is 17.2. The van der Waals surface area contributed by atoms with E-state index in [-0.39, 0.29) is 24.3 Å².